The first kappa shape index (κ1) is 14.3. The Hall–Kier alpha value is -2.62. The van der Waals surface area contributed by atoms with Gasteiger partial charge in [0, 0.05) is 11.8 Å². The number of carboxylic acid groups (broad SMARTS) is 1. The Balaban J connectivity index is 2.04. The van der Waals surface area contributed by atoms with E-state index in [1.54, 1.807) is 0 Å². The smallest absolute Gasteiger partial charge is 0.307 e. The number of benzene rings is 2. The lowest BCUT2D eigenvalue weighted by molar-refractivity contribution is -0.152. The van der Waals surface area contributed by atoms with Gasteiger partial charge in [0.2, 0.25) is 5.91 Å². The quantitative estimate of drug-likeness (QED) is 0.908. The fourth-order valence-electron chi connectivity index (χ4n) is 3.59. The average molecular weight is 295 g/mol. The molecule has 0 spiro atoms. The summed E-state index contributed by atoms with van der Waals surface area (Å²) in [7, 11) is 0. The Morgan fingerprint density at radius 1 is 0.773 bits per heavy atom. The van der Waals surface area contributed by atoms with Gasteiger partial charge in [-0.15, -0.1) is 0 Å². The summed E-state index contributed by atoms with van der Waals surface area (Å²) < 4.78 is 0. The van der Waals surface area contributed by atoms with Crippen molar-refractivity contribution in [2.45, 2.75) is 11.8 Å². The van der Waals surface area contributed by atoms with Gasteiger partial charge in [-0.25, -0.2) is 0 Å². The maximum Gasteiger partial charge on any atom is 0.307 e. The van der Waals surface area contributed by atoms with Gasteiger partial charge in [-0.2, -0.15) is 0 Å². The molecule has 0 aromatic heterocycles. The van der Waals surface area contributed by atoms with Crippen LogP contribution in [0.15, 0.2) is 60.7 Å². The molecule has 3 N–H and O–H groups in total. The van der Waals surface area contributed by atoms with E-state index in [4.69, 9.17) is 5.73 Å². The number of carbonyl (C=O) groups excluding carboxylic acids is 1. The van der Waals surface area contributed by atoms with Crippen LogP contribution in [0.2, 0.25) is 0 Å². The van der Waals surface area contributed by atoms with E-state index in [2.05, 4.69) is 0 Å². The van der Waals surface area contributed by atoms with Crippen LogP contribution in [0.1, 0.15) is 23.0 Å². The summed E-state index contributed by atoms with van der Waals surface area (Å²) in [4.78, 5) is 23.7. The van der Waals surface area contributed by atoms with Crippen molar-refractivity contribution in [3.8, 4) is 0 Å². The molecule has 1 amide bonds. The Kier molecular flexibility index (Phi) is 3.67. The van der Waals surface area contributed by atoms with Gasteiger partial charge in [-0.3, -0.25) is 9.59 Å². The highest BCUT2D eigenvalue weighted by atomic mass is 16.4. The molecule has 112 valence electrons. The standard InChI is InChI=1S/C18H17NO3/c19-17(20)15-13(11-7-3-1-4-8-11)16(18(21)22)14(15)12-9-5-2-6-10-12/h1-10,13-16H,(H2,19,20)(H,21,22). The van der Waals surface area contributed by atoms with Crippen LogP contribution in [0.3, 0.4) is 0 Å². The molecule has 1 fully saturated rings. The van der Waals surface area contributed by atoms with Crippen molar-refractivity contribution in [1.82, 2.24) is 0 Å². The molecule has 1 aliphatic rings. The van der Waals surface area contributed by atoms with E-state index in [1.807, 2.05) is 60.7 Å². The molecule has 4 nitrogen and oxygen atoms in total. The van der Waals surface area contributed by atoms with E-state index in [0.29, 0.717) is 0 Å². The summed E-state index contributed by atoms with van der Waals surface area (Å²) in [6.07, 6.45) is 0. The Morgan fingerprint density at radius 3 is 1.50 bits per heavy atom. The summed E-state index contributed by atoms with van der Waals surface area (Å²) >= 11 is 0. The second-order valence-electron chi connectivity index (χ2n) is 5.67. The van der Waals surface area contributed by atoms with Gasteiger partial charge >= 0.3 is 5.97 Å². The first-order chi connectivity index (χ1) is 10.6. The van der Waals surface area contributed by atoms with Gasteiger partial charge in [-0.1, -0.05) is 60.7 Å². The number of primary amides is 1. The van der Waals surface area contributed by atoms with Crippen LogP contribution in [-0.4, -0.2) is 17.0 Å². The average Bonchev–Trinajstić information content (AvgIpc) is 2.47. The summed E-state index contributed by atoms with van der Waals surface area (Å²) in [5.74, 6) is -3.21. The molecule has 1 aliphatic carbocycles. The van der Waals surface area contributed by atoms with Crippen LogP contribution in [0.25, 0.3) is 0 Å². The van der Waals surface area contributed by atoms with Crippen molar-refractivity contribution in [3.63, 3.8) is 0 Å². The maximum atomic E-state index is 11.9. The normalized spacial score (nSPS) is 26.9. The number of nitrogens with two attached hydrogens (primary N) is 1. The molecule has 2 atom stereocenters. The molecular weight excluding hydrogens is 278 g/mol. The zero-order valence-electron chi connectivity index (χ0n) is 11.9. The lowest BCUT2D eigenvalue weighted by Gasteiger charge is -2.49. The van der Waals surface area contributed by atoms with E-state index in [-0.39, 0.29) is 11.8 Å². The summed E-state index contributed by atoms with van der Waals surface area (Å²) in [5, 5.41) is 9.64. The van der Waals surface area contributed by atoms with Crippen LogP contribution in [0, 0.1) is 11.8 Å². The number of rotatable bonds is 4. The number of carboxylic acids is 1. The second kappa shape index (κ2) is 5.64. The van der Waals surface area contributed by atoms with Crippen LogP contribution < -0.4 is 5.73 Å². The van der Waals surface area contributed by atoms with E-state index >= 15 is 0 Å². The molecule has 0 heterocycles. The van der Waals surface area contributed by atoms with Crippen molar-refractivity contribution in [2.24, 2.45) is 17.6 Å². The van der Waals surface area contributed by atoms with Crippen LogP contribution in [0.5, 0.6) is 0 Å². The molecule has 2 aromatic rings. The van der Waals surface area contributed by atoms with E-state index in [1.165, 1.54) is 0 Å². The molecule has 2 aromatic carbocycles. The molecule has 0 aliphatic heterocycles. The first-order valence-electron chi connectivity index (χ1n) is 7.23. The number of hydrogen-bond acceptors (Lipinski definition) is 2. The van der Waals surface area contributed by atoms with Gasteiger partial charge in [-0.05, 0) is 11.1 Å². The Morgan fingerprint density at radius 2 is 1.18 bits per heavy atom. The number of carbonyl (C=O) groups is 2. The third-order valence-corrected chi connectivity index (χ3v) is 4.53. The zero-order valence-corrected chi connectivity index (χ0v) is 11.9. The van der Waals surface area contributed by atoms with Crippen LogP contribution in [-0.2, 0) is 9.59 Å². The van der Waals surface area contributed by atoms with Gasteiger partial charge in [0.25, 0.3) is 0 Å². The highest BCUT2D eigenvalue weighted by molar-refractivity contribution is 5.86. The van der Waals surface area contributed by atoms with Crippen molar-refractivity contribution in [2.75, 3.05) is 0 Å². The Bertz CT molecular complexity index is 614. The molecule has 4 heteroatoms. The minimum absolute atomic E-state index is 0.374. The lowest BCUT2D eigenvalue weighted by atomic mass is 9.52. The van der Waals surface area contributed by atoms with Gasteiger partial charge < -0.3 is 10.8 Å². The first-order valence-corrected chi connectivity index (χ1v) is 7.23. The van der Waals surface area contributed by atoms with Gasteiger partial charge in [0.1, 0.15) is 0 Å². The third-order valence-electron chi connectivity index (χ3n) is 4.53. The minimum atomic E-state index is -0.889. The zero-order chi connectivity index (χ0) is 15.7. The van der Waals surface area contributed by atoms with E-state index < -0.39 is 23.7 Å². The molecule has 0 bridgehead atoms. The minimum Gasteiger partial charge on any atom is -0.481 e. The van der Waals surface area contributed by atoms with E-state index in [9.17, 15) is 14.7 Å². The summed E-state index contributed by atoms with van der Waals surface area (Å²) in [5.41, 5.74) is 7.29. The number of amides is 1. The largest absolute Gasteiger partial charge is 0.481 e. The van der Waals surface area contributed by atoms with Crippen LogP contribution >= 0.6 is 0 Å². The molecule has 0 radical (unpaired) electrons. The Labute approximate surface area is 128 Å². The fourth-order valence-corrected chi connectivity index (χ4v) is 3.59. The topological polar surface area (TPSA) is 80.4 Å². The lowest BCUT2D eigenvalue weighted by Crippen LogP contribution is -2.52. The number of hydrogen-bond donors (Lipinski definition) is 2. The van der Waals surface area contributed by atoms with Crippen molar-refractivity contribution in [1.29, 1.82) is 0 Å². The monoisotopic (exact) mass is 295 g/mol. The third kappa shape index (κ3) is 2.26. The highest BCUT2D eigenvalue weighted by Crippen LogP contribution is 2.57. The fraction of sp³-hybridized carbons (Fsp3) is 0.222. The van der Waals surface area contributed by atoms with Crippen LogP contribution in [0.4, 0.5) is 0 Å². The second-order valence-corrected chi connectivity index (χ2v) is 5.67. The predicted molar refractivity (Wildman–Crippen MR) is 82.2 cm³/mol. The highest BCUT2D eigenvalue weighted by Gasteiger charge is 2.57. The SMILES string of the molecule is NC(=O)C1C(c2ccccc2)C(C(=O)O)C1c1ccccc1. The molecular formula is C18H17NO3. The molecule has 1 saturated carbocycles. The number of aliphatic carboxylic acids is 1. The van der Waals surface area contributed by atoms with Gasteiger partial charge in [0.05, 0.1) is 11.8 Å². The molecule has 0 saturated heterocycles. The molecule has 3 rings (SSSR count). The maximum absolute atomic E-state index is 11.9. The van der Waals surface area contributed by atoms with Gasteiger partial charge in [0.15, 0.2) is 0 Å². The van der Waals surface area contributed by atoms with E-state index in [0.717, 1.165) is 11.1 Å². The molecule has 22 heavy (non-hydrogen) atoms. The van der Waals surface area contributed by atoms with Crippen molar-refractivity contribution < 1.29 is 14.7 Å². The van der Waals surface area contributed by atoms with Crippen molar-refractivity contribution >= 4 is 11.9 Å². The summed E-state index contributed by atoms with van der Waals surface area (Å²) in [6.45, 7) is 0. The summed E-state index contributed by atoms with van der Waals surface area (Å²) in [6, 6.07) is 18.6. The van der Waals surface area contributed by atoms with Crippen molar-refractivity contribution in [3.05, 3.63) is 71.8 Å². The molecule has 2 unspecified atom stereocenters. The predicted octanol–water partition coefficient (Wildman–Crippen LogP) is 2.37.